The van der Waals surface area contributed by atoms with Crippen LogP contribution in [0.15, 0.2) is 12.7 Å². The topological polar surface area (TPSA) is 117 Å². The van der Waals surface area contributed by atoms with Crippen LogP contribution in [-0.2, 0) is 4.74 Å². The third-order valence-electron chi connectivity index (χ3n) is 4.05. The second-order valence-corrected chi connectivity index (χ2v) is 5.67. The van der Waals surface area contributed by atoms with Crippen LogP contribution in [0.3, 0.4) is 0 Å². The number of imidazole rings is 1. The Balaban J connectivity index is 1.99. The molecule has 3 N–H and O–H groups in total. The maximum atomic E-state index is 10.2. The van der Waals surface area contributed by atoms with E-state index in [0.29, 0.717) is 17.0 Å². The SMILES string of the molecule is CCCN(C)c1ncnc2c1ncn2[C@@H]1O[C@H](CO)[C@@H](O)[C@H]1O. The molecule has 9 heteroatoms. The summed E-state index contributed by atoms with van der Waals surface area (Å²) in [5.74, 6) is 0.697. The van der Waals surface area contributed by atoms with E-state index in [9.17, 15) is 15.3 Å². The van der Waals surface area contributed by atoms with Crippen molar-refractivity contribution < 1.29 is 20.1 Å². The van der Waals surface area contributed by atoms with Crippen LogP contribution in [0.4, 0.5) is 5.82 Å². The van der Waals surface area contributed by atoms with Crippen molar-refractivity contribution in [1.29, 1.82) is 0 Å². The van der Waals surface area contributed by atoms with E-state index in [1.807, 2.05) is 11.9 Å². The molecule has 9 nitrogen and oxygen atoms in total. The monoisotopic (exact) mass is 323 g/mol. The van der Waals surface area contributed by atoms with Gasteiger partial charge in [0.2, 0.25) is 0 Å². The molecular weight excluding hydrogens is 302 g/mol. The molecule has 0 aliphatic carbocycles. The molecule has 0 radical (unpaired) electrons. The lowest BCUT2D eigenvalue weighted by molar-refractivity contribution is -0.0511. The third-order valence-corrected chi connectivity index (χ3v) is 4.05. The number of hydrogen-bond donors (Lipinski definition) is 3. The zero-order valence-corrected chi connectivity index (χ0v) is 13.1. The van der Waals surface area contributed by atoms with Crippen molar-refractivity contribution in [3.05, 3.63) is 12.7 Å². The minimum Gasteiger partial charge on any atom is -0.394 e. The minimum atomic E-state index is -1.17. The quantitative estimate of drug-likeness (QED) is 0.660. The first-order chi connectivity index (χ1) is 11.1. The van der Waals surface area contributed by atoms with Gasteiger partial charge in [-0.2, -0.15) is 0 Å². The van der Waals surface area contributed by atoms with Gasteiger partial charge in [-0.15, -0.1) is 0 Å². The molecule has 1 aliphatic heterocycles. The Morgan fingerprint density at radius 3 is 2.70 bits per heavy atom. The summed E-state index contributed by atoms with van der Waals surface area (Å²) in [4.78, 5) is 14.8. The van der Waals surface area contributed by atoms with Crippen LogP contribution >= 0.6 is 0 Å². The van der Waals surface area contributed by atoms with Gasteiger partial charge in [-0.05, 0) is 6.42 Å². The highest BCUT2D eigenvalue weighted by Crippen LogP contribution is 2.32. The van der Waals surface area contributed by atoms with Gasteiger partial charge >= 0.3 is 0 Å². The van der Waals surface area contributed by atoms with E-state index in [-0.39, 0.29) is 6.61 Å². The Hall–Kier alpha value is -1.81. The molecule has 1 fully saturated rings. The number of aliphatic hydroxyl groups is 3. The van der Waals surface area contributed by atoms with E-state index in [2.05, 4.69) is 21.9 Å². The number of anilines is 1. The van der Waals surface area contributed by atoms with Crippen molar-refractivity contribution in [1.82, 2.24) is 19.5 Å². The number of nitrogens with zero attached hydrogens (tertiary/aromatic N) is 5. The van der Waals surface area contributed by atoms with E-state index in [4.69, 9.17) is 4.74 Å². The molecule has 1 aliphatic rings. The van der Waals surface area contributed by atoms with Crippen molar-refractivity contribution in [2.75, 3.05) is 25.1 Å². The lowest BCUT2D eigenvalue weighted by Crippen LogP contribution is -2.33. The Morgan fingerprint density at radius 1 is 1.26 bits per heavy atom. The first-order valence-corrected chi connectivity index (χ1v) is 7.59. The standard InChI is InChI=1S/C14H21N5O4/c1-3-4-18(2)12-9-13(16-6-15-12)19(7-17-9)14-11(22)10(21)8(5-20)23-14/h6-8,10-11,14,20-22H,3-5H2,1-2H3/t8-,10-,11-,14-/m1/s1. The van der Waals surface area contributed by atoms with Crippen molar-refractivity contribution in [3.63, 3.8) is 0 Å². The van der Waals surface area contributed by atoms with Crippen LogP contribution in [0.5, 0.6) is 0 Å². The highest BCUT2D eigenvalue weighted by Gasteiger charge is 2.44. The fraction of sp³-hybridized carbons (Fsp3) is 0.643. The van der Waals surface area contributed by atoms with Crippen LogP contribution in [-0.4, -0.2) is 73.3 Å². The molecule has 0 saturated carbocycles. The fourth-order valence-electron chi connectivity index (χ4n) is 2.86. The molecule has 0 bridgehead atoms. The lowest BCUT2D eigenvalue weighted by atomic mass is 10.1. The summed E-state index contributed by atoms with van der Waals surface area (Å²) in [7, 11) is 1.93. The molecule has 3 rings (SSSR count). The smallest absolute Gasteiger partial charge is 0.167 e. The number of ether oxygens (including phenoxy) is 1. The van der Waals surface area contributed by atoms with E-state index < -0.39 is 24.5 Å². The molecule has 2 aromatic heterocycles. The normalized spacial score (nSPS) is 27.7. The summed E-state index contributed by atoms with van der Waals surface area (Å²) < 4.78 is 7.09. The molecule has 4 atom stereocenters. The second-order valence-electron chi connectivity index (χ2n) is 5.67. The summed E-state index contributed by atoms with van der Waals surface area (Å²) in [6.45, 7) is 2.53. The van der Waals surface area contributed by atoms with Gasteiger partial charge in [-0.3, -0.25) is 4.57 Å². The van der Waals surface area contributed by atoms with Crippen molar-refractivity contribution in [2.24, 2.45) is 0 Å². The van der Waals surface area contributed by atoms with Gasteiger partial charge < -0.3 is 25.0 Å². The van der Waals surface area contributed by atoms with Gasteiger partial charge in [-0.1, -0.05) is 6.92 Å². The highest BCUT2D eigenvalue weighted by atomic mass is 16.6. The van der Waals surface area contributed by atoms with E-state index in [1.54, 1.807) is 4.57 Å². The predicted octanol–water partition coefficient (Wildman–Crippen LogP) is -0.716. The van der Waals surface area contributed by atoms with E-state index in [0.717, 1.165) is 13.0 Å². The molecule has 23 heavy (non-hydrogen) atoms. The largest absolute Gasteiger partial charge is 0.394 e. The van der Waals surface area contributed by atoms with Gasteiger partial charge in [0.25, 0.3) is 0 Å². The summed E-state index contributed by atoms with van der Waals surface area (Å²) in [6.07, 6.45) is -0.116. The lowest BCUT2D eigenvalue weighted by Gasteiger charge is -2.18. The van der Waals surface area contributed by atoms with Crippen LogP contribution in [0, 0.1) is 0 Å². The number of aromatic nitrogens is 4. The average Bonchev–Trinajstić information content (AvgIpc) is 3.09. The molecule has 3 heterocycles. The molecule has 0 aromatic carbocycles. The van der Waals surface area contributed by atoms with Gasteiger partial charge in [-0.25, -0.2) is 15.0 Å². The predicted molar refractivity (Wildman–Crippen MR) is 81.9 cm³/mol. The van der Waals surface area contributed by atoms with Crippen molar-refractivity contribution in [3.8, 4) is 0 Å². The van der Waals surface area contributed by atoms with Gasteiger partial charge in [0, 0.05) is 13.6 Å². The Morgan fingerprint density at radius 2 is 2.04 bits per heavy atom. The number of aliphatic hydroxyl groups excluding tert-OH is 3. The third kappa shape index (κ3) is 2.65. The van der Waals surface area contributed by atoms with Crippen molar-refractivity contribution in [2.45, 2.75) is 37.9 Å². The molecule has 0 spiro atoms. The number of fused-ring (bicyclic) bond motifs is 1. The Labute approximate surface area is 133 Å². The average molecular weight is 323 g/mol. The Kier molecular flexibility index (Phi) is 4.44. The summed E-state index contributed by atoms with van der Waals surface area (Å²) in [5, 5.41) is 29.3. The number of hydrogen-bond acceptors (Lipinski definition) is 8. The minimum absolute atomic E-state index is 0.374. The Bertz CT molecular complexity index is 678. The molecule has 126 valence electrons. The van der Waals surface area contributed by atoms with E-state index in [1.165, 1.54) is 12.7 Å². The molecular formula is C14H21N5O4. The van der Waals surface area contributed by atoms with Gasteiger partial charge in [0.1, 0.15) is 24.6 Å². The first kappa shape index (κ1) is 16.1. The number of rotatable bonds is 5. The molecule has 1 saturated heterocycles. The van der Waals surface area contributed by atoms with E-state index >= 15 is 0 Å². The summed E-state index contributed by atoms with van der Waals surface area (Å²) >= 11 is 0. The summed E-state index contributed by atoms with van der Waals surface area (Å²) in [6, 6.07) is 0. The van der Waals surface area contributed by atoms with Crippen LogP contribution in [0.25, 0.3) is 11.2 Å². The highest BCUT2D eigenvalue weighted by molar-refractivity contribution is 5.83. The molecule has 0 unspecified atom stereocenters. The van der Waals surface area contributed by atoms with Crippen LogP contribution in [0.2, 0.25) is 0 Å². The second kappa shape index (κ2) is 6.36. The van der Waals surface area contributed by atoms with Gasteiger partial charge in [0.05, 0.1) is 12.9 Å². The maximum absolute atomic E-state index is 10.2. The van der Waals surface area contributed by atoms with Crippen LogP contribution < -0.4 is 4.90 Å². The summed E-state index contributed by atoms with van der Waals surface area (Å²) in [5.41, 5.74) is 1.11. The fourth-order valence-corrected chi connectivity index (χ4v) is 2.86. The molecule has 2 aromatic rings. The molecule has 0 amide bonds. The van der Waals surface area contributed by atoms with Crippen LogP contribution in [0.1, 0.15) is 19.6 Å². The zero-order valence-electron chi connectivity index (χ0n) is 13.1. The van der Waals surface area contributed by atoms with Crippen molar-refractivity contribution >= 4 is 17.0 Å². The zero-order chi connectivity index (χ0) is 16.6. The maximum Gasteiger partial charge on any atom is 0.167 e. The van der Waals surface area contributed by atoms with Gasteiger partial charge in [0.15, 0.2) is 23.2 Å². The first-order valence-electron chi connectivity index (χ1n) is 7.59.